The molecule has 2 amide bonds. The third kappa shape index (κ3) is 2.91. The molecule has 0 saturated carbocycles. The fraction of sp³-hybridized carbons (Fsp3) is 0. The Bertz CT molecular complexity index is 845. The summed E-state index contributed by atoms with van der Waals surface area (Å²) in [7, 11) is 0. The van der Waals surface area contributed by atoms with E-state index >= 15 is 0 Å². The summed E-state index contributed by atoms with van der Waals surface area (Å²) < 4.78 is 0. The minimum atomic E-state index is -0.492. The lowest BCUT2D eigenvalue weighted by molar-refractivity contribution is 0.0842. The van der Waals surface area contributed by atoms with Crippen LogP contribution < -0.4 is 10.9 Å². The average molecular weight is 315 g/mol. The van der Waals surface area contributed by atoms with Crippen LogP contribution in [0.1, 0.15) is 21.0 Å². The van der Waals surface area contributed by atoms with Gasteiger partial charge in [-0.15, -0.1) is 0 Å². The molecule has 0 saturated heterocycles. The summed E-state index contributed by atoms with van der Waals surface area (Å²) in [4.78, 5) is 30.6. The van der Waals surface area contributed by atoms with Crippen molar-refractivity contribution in [2.75, 3.05) is 0 Å². The highest BCUT2D eigenvalue weighted by atomic mass is 35.5. The van der Waals surface area contributed by atoms with E-state index in [1.807, 2.05) is 0 Å². The van der Waals surface area contributed by atoms with E-state index in [9.17, 15) is 9.59 Å². The van der Waals surface area contributed by atoms with Crippen molar-refractivity contribution in [3.8, 4) is 0 Å². The van der Waals surface area contributed by atoms with E-state index in [2.05, 4.69) is 20.8 Å². The Balaban J connectivity index is 1.69. The van der Waals surface area contributed by atoms with Crippen molar-refractivity contribution in [3.63, 3.8) is 0 Å². The first-order chi connectivity index (χ1) is 10.6. The number of aromatic nitrogens is 2. The maximum Gasteiger partial charge on any atom is 0.288 e. The third-order valence-corrected chi connectivity index (χ3v) is 3.25. The fourth-order valence-electron chi connectivity index (χ4n) is 1.97. The van der Waals surface area contributed by atoms with Crippen LogP contribution in [0.25, 0.3) is 10.9 Å². The second-order valence-corrected chi connectivity index (χ2v) is 4.97. The number of nitrogens with one attached hydrogen (secondary N) is 3. The molecule has 3 aromatic rings. The molecule has 3 rings (SSSR count). The van der Waals surface area contributed by atoms with Gasteiger partial charge in [-0.25, -0.2) is 0 Å². The quantitative estimate of drug-likeness (QED) is 0.634. The number of rotatable bonds is 2. The summed E-state index contributed by atoms with van der Waals surface area (Å²) in [5, 5.41) is 1.40. The molecule has 0 fully saturated rings. The summed E-state index contributed by atoms with van der Waals surface area (Å²) in [6.45, 7) is 0. The number of hydrogen-bond donors (Lipinski definition) is 3. The van der Waals surface area contributed by atoms with Crippen LogP contribution in [0.15, 0.2) is 48.7 Å². The van der Waals surface area contributed by atoms with Crippen LogP contribution in [0.5, 0.6) is 0 Å². The number of hydrazine groups is 1. The third-order valence-electron chi connectivity index (χ3n) is 3.01. The standard InChI is InChI=1S/C15H11ClN4O2/c16-10-4-5-11-9(7-10)8-13(18-11)15(22)20-19-14(21)12-3-1-2-6-17-12/h1-8,18H,(H,19,21)(H,20,22). The van der Waals surface area contributed by atoms with Gasteiger partial charge in [-0.2, -0.15) is 0 Å². The molecule has 7 heteroatoms. The molecule has 6 nitrogen and oxygen atoms in total. The number of nitrogens with zero attached hydrogens (tertiary/aromatic N) is 1. The molecule has 0 aliphatic carbocycles. The van der Waals surface area contributed by atoms with Crippen LogP contribution in [-0.4, -0.2) is 21.8 Å². The Hall–Kier alpha value is -2.86. The van der Waals surface area contributed by atoms with E-state index in [1.54, 1.807) is 42.5 Å². The number of H-pyrrole nitrogens is 1. The van der Waals surface area contributed by atoms with Crippen LogP contribution in [0, 0.1) is 0 Å². The van der Waals surface area contributed by atoms with Gasteiger partial charge in [0.1, 0.15) is 11.4 Å². The number of pyridine rings is 1. The molecule has 0 aliphatic rings. The lowest BCUT2D eigenvalue weighted by Crippen LogP contribution is -2.42. The lowest BCUT2D eigenvalue weighted by Gasteiger charge is -2.05. The highest BCUT2D eigenvalue weighted by Crippen LogP contribution is 2.19. The number of fused-ring (bicyclic) bond motifs is 1. The number of benzene rings is 1. The van der Waals surface area contributed by atoms with Crippen LogP contribution in [-0.2, 0) is 0 Å². The highest BCUT2D eigenvalue weighted by Gasteiger charge is 2.12. The second-order valence-electron chi connectivity index (χ2n) is 4.54. The molecule has 1 aromatic carbocycles. The number of amides is 2. The minimum Gasteiger partial charge on any atom is -0.350 e. The normalized spacial score (nSPS) is 10.4. The number of carbonyl (C=O) groups excluding carboxylic acids is 2. The van der Waals surface area contributed by atoms with Crippen molar-refractivity contribution in [3.05, 3.63) is 65.1 Å². The number of carbonyl (C=O) groups is 2. The Morgan fingerprint density at radius 3 is 2.64 bits per heavy atom. The molecule has 0 bridgehead atoms. The summed E-state index contributed by atoms with van der Waals surface area (Å²) in [5.74, 6) is -0.954. The molecule has 3 N–H and O–H groups in total. The van der Waals surface area contributed by atoms with Crippen LogP contribution in [0.3, 0.4) is 0 Å². The highest BCUT2D eigenvalue weighted by molar-refractivity contribution is 6.31. The zero-order chi connectivity index (χ0) is 15.5. The Labute approximate surface area is 130 Å². The molecule has 22 heavy (non-hydrogen) atoms. The van der Waals surface area contributed by atoms with Crippen LogP contribution in [0.2, 0.25) is 5.02 Å². The largest absolute Gasteiger partial charge is 0.350 e. The maximum absolute atomic E-state index is 12.0. The Morgan fingerprint density at radius 1 is 1.05 bits per heavy atom. The van der Waals surface area contributed by atoms with E-state index in [-0.39, 0.29) is 5.69 Å². The molecule has 2 aromatic heterocycles. The predicted molar refractivity (Wildman–Crippen MR) is 82.5 cm³/mol. The molecular formula is C15H11ClN4O2. The van der Waals surface area contributed by atoms with E-state index in [4.69, 9.17) is 11.6 Å². The van der Waals surface area contributed by atoms with Crippen molar-refractivity contribution in [2.24, 2.45) is 0 Å². The Morgan fingerprint density at radius 2 is 1.86 bits per heavy atom. The molecular weight excluding hydrogens is 304 g/mol. The van der Waals surface area contributed by atoms with Gasteiger partial charge in [0, 0.05) is 22.1 Å². The van der Waals surface area contributed by atoms with Crippen molar-refractivity contribution in [2.45, 2.75) is 0 Å². The smallest absolute Gasteiger partial charge is 0.288 e. The summed E-state index contributed by atoms with van der Waals surface area (Å²) in [6.07, 6.45) is 1.50. The topological polar surface area (TPSA) is 86.9 Å². The van der Waals surface area contributed by atoms with E-state index in [0.29, 0.717) is 10.7 Å². The summed E-state index contributed by atoms with van der Waals surface area (Å²) in [6, 6.07) is 11.8. The predicted octanol–water partition coefficient (Wildman–Crippen LogP) is 2.29. The van der Waals surface area contributed by atoms with Gasteiger partial charge in [0.25, 0.3) is 11.8 Å². The van der Waals surface area contributed by atoms with Crippen molar-refractivity contribution in [1.82, 2.24) is 20.8 Å². The van der Waals surface area contributed by atoms with Gasteiger partial charge >= 0.3 is 0 Å². The monoisotopic (exact) mass is 314 g/mol. The lowest BCUT2D eigenvalue weighted by atomic mass is 10.2. The summed E-state index contributed by atoms with van der Waals surface area (Å²) in [5.41, 5.74) is 5.95. The van der Waals surface area contributed by atoms with Gasteiger partial charge in [0.05, 0.1) is 0 Å². The molecule has 0 aliphatic heterocycles. The molecule has 2 heterocycles. The van der Waals surface area contributed by atoms with Gasteiger partial charge in [-0.3, -0.25) is 25.4 Å². The van der Waals surface area contributed by atoms with E-state index in [0.717, 1.165) is 10.9 Å². The van der Waals surface area contributed by atoms with Gasteiger partial charge in [-0.1, -0.05) is 17.7 Å². The van der Waals surface area contributed by atoms with Gasteiger partial charge in [0.2, 0.25) is 0 Å². The van der Waals surface area contributed by atoms with Crippen molar-refractivity contribution in [1.29, 1.82) is 0 Å². The minimum absolute atomic E-state index is 0.214. The van der Waals surface area contributed by atoms with Gasteiger partial charge in [-0.05, 0) is 36.4 Å². The average Bonchev–Trinajstić information content (AvgIpc) is 2.96. The van der Waals surface area contributed by atoms with Crippen molar-refractivity contribution < 1.29 is 9.59 Å². The van der Waals surface area contributed by atoms with Gasteiger partial charge < -0.3 is 4.98 Å². The number of hydrogen-bond acceptors (Lipinski definition) is 3. The van der Waals surface area contributed by atoms with Crippen molar-refractivity contribution >= 4 is 34.3 Å². The molecule has 0 radical (unpaired) electrons. The first-order valence-electron chi connectivity index (χ1n) is 6.43. The maximum atomic E-state index is 12.0. The van der Waals surface area contributed by atoms with Gasteiger partial charge in [0.15, 0.2) is 0 Å². The number of halogens is 1. The Kier molecular flexibility index (Phi) is 3.76. The van der Waals surface area contributed by atoms with E-state index < -0.39 is 11.8 Å². The molecule has 0 spiro atoms. The second kappa shape index (κ2) is 5.87. The fourth-order valence-corrected chi connectivity index (χ4v) is 2.15. The molecule has 110 valence electrons. The van der Waals surface area contributed by atoms with Crippen LogP contribution in [0.4, 0.5) is 0 Å². The summed E-state index contributed by atoms with van der Waals surface area (Å²) >= 11 is 5.90. The molecule has 0 unspecified atom stereocenters. The molecule has 0 atom stereocenters. The van der Waals surface area contributed by atoms with Crippen LogP contribution >= 0.6 is 11.6 Å². The zero-order valence-corrected chi connectivity index (χ0v) is 12.0. The first kappa shape index (κ1) is 14.1. The van der Waals surface area contributed by atoms with E-state index in [1.165, 1.54) is 6.20 Å². The zero-order valence-electron chi connectivity index (χ0n) is 11.3. The first-order valence-corrected chi connectivity index (χ1v) is 6.81. The SMILES string of the molecule is O=C(NNC(=O)c1cc2cc(Cl)ccc2[nH]1)c1ccccn1. The number of aromatic amines is 1.